The summed E-state index contributed by atoms with van der Waals surface area (Å²) in [5.41, 5.74) is 1.15. The Morgan fingerprint density at radius 3 is 2.79 bits per heavy atom. The van der Waals surface area contributed by atoms with Crippen molar-refractivity contribution < 1.29 is 5.11 Å². The van der Waals surface area contributed by atoms with Gasteiger partial charge >= 0.3 is 0 Å². The normalized spacial score (nSPS) is 12.0. The van der Waals surface area contributed by atoms with Crippen LogP contribution in [0.4, 0.5) is 5.13 Å². The Morgan fingerprint density at radius 2 is 2.08 bits per heavy atom. The first kappa shape index (κ1) is 18.0. The number of thiophene rings is 1. The molecule has 0 spiro atoms. The highest BCUT2D eigenvalue weighted by atomic mass is 35.5. The highest BCUT2D eigenvalue weighted by Crippen LogP contribution is 2.39. The van der Waals surface area contributed by atoms with E-state index in [2.05, 4.69) is 22.7 Å². The molecule has 3 aromatic rings. The van der Waals surface area contributed by atoms with E-state index in [-0.39, 0.29) is 0 Å². The number of thiazole rings is 1. The fraction of sp³-hybridized carbons (Fsp3) is 0.353. The second-order valence-electron chi connectivity index (χ2n) is 5.64. The van der Waals surface area contributed by atoms with Crippen molar-refractivity contribution in [3.8, 4) is 0 Å². The van der Waals surface area contributed by atoms with E-state index >= 15 is 0 Å². The van der Waals surface area contributed by atoms with Gasteiger partial charge in [-0.1, -0.05) is 25.4 Å². The van der Waals surface area contributed by atoms with E-state index in [1.54, 1.807) is 23.3 Å². The maximum Gasteiger partial charge on any atom is 0.193 e. The Labute approximate surface area is 159 Å². The van der Waals surface area contributed by atoms with Crippen LogP contribution in [0.5, 0.6) is 0 Å². The molecule has 0 aliphatic rings. The largest absolute Gasteiger partial charge is 0.384 e. The summed E-state index contributed by atoms with van der Waals surface area (Å²) in [7, 11) is 0. The smallest absolute Gasteiger partial charge is 0.193 e. The van der Waals surface area contributed by atoms with Crippen LogP contribution in [-0.2, 0) is 5.60 Å². The third kappa shape index (κ3) is 3.44. The number of hydrogen-bond acceptors (Lipinski definition) is 6. The molecule has 0 unspecified atom stereocenters. The first-order valence-corrected chi connectivity index (χ1v) is 10.7. The lowest BCUT2D eigenvalue weighted by atomic mass is 9.94. The number of nitrogens with one attached hydrogen (secondary N) is 1. The lowest BCUT2D eigenvalue weighted by Crippen LogP contribution is -2.23. The molecule has 3 rings (SSSR count). The lowest BCUT2D eigenvalue weighted by Gasteiger charge is -2.22. The van der Waals surface area contributed by atoms with Crippen LogP contribution in [-0.4, -0.2) is 10.1 Å². The van der Waals surface area contributed by atoms with Gasteiger partial charge in [-0.3, -0.25) is 0 Å². The minimum Gasteiger partial charge on any atom is -0.384 e. The molecule has 24 heavy (non-hydrogen) atoms. The van der Waals surface area contributed by atoms with E-state index in [4.69, 9.17) is 11.6 Å². The molecule has 0 aliphatic carbocycles. The van der Waals surface area contributed by atoms with Crippen molar-refractivity contribution in [1.29, 1.82) is 0 Å². The van der Waals surface area contributed by atoms with Gasteiger partial charge in [-0.25, -0.2) is 4.98 Å². The minimum atomic E-state index is -0.828. The molecular formula is C17H19ClN2OS3. The van der Waals surface area contributed by atoms with Gasteiger partial charge in [0.2, 0.25) is 0 Å². The van der Waals surface area contributed by atoms with E-state index < -0.39 is 5.60 Å². The predicted octanol–water partition coefficient (Wildman–Crippen LogP) is 6.45. The number of anilines is 1. The maximum atomic E-state index is 10.6. The summed E-state index contributed by atoms with van der Waals surface area (Å²) in [4.78, 5) is 4.56. The monoisotopic (exact) mass is 398 g/mol. The molecule has 0 saturated carbocycles. The molecule has 2 aromatic heterocycles. The number of hydrogen-bond donors (Lipinski definition) is 2. The van der Waals surface area contributed by atoms with Gasteiger partial charge in [-0.2, -0.15) is 0 Å². The zero-order valence-electron chi connectivity index (χ0n) is 13.7. The van der Waals surface area contributed by atoms with E-state index in [1.807, 2.05) is 31.4 Å². The number of aryl methyl sites for hydroxylation is 1. The molecule has 128 valence electrons. The molecule has 7 heteroatoms. The minimum absolute atomic E-state index is 0.663. The van der Waals surface area contributed by atoms with E-state index in [0.29, 0.717) is 12.8 Å². The van der Waals surface area contributed by atoms with Crippen molar-refractivity contribution >= 4 is 61.4 Å². The van der Waals surface area contributed by atoms with Crippen molar-refractivity contribution in [3.63, 3.8) is 0 Å². The second-order valence-corrected chi connectivity index (χ2v) is 9.06. The fourth-order valence-electron chi connectivity index (χ4n) is 2.50. The molecule has 0 saturated heterocycles. The molecule has 0 radical (unpaired) electrons. The Balaban J connectivity index is 1.77. The summed E-state index contributed by atoms with van der Waals surface area (Å²) < 4.78 is 5.74. The maximum absolute atomic E-state index is 10.6. The van der Waals surface area contributed by atoms with Gasteiger partial charge in [0.25, 0.3) is 0 Å². The summed E-state index contributed by atoms with van der Waals surface area (Å²) >= 11 is 10.9. The topological polar surface area (TPSA) is 45.1 Å². The zero-order valence-corrected chi connectivity index (χ0v) is 16.9. The summed E-state index contributed by atoms with van der Waals surface area (Å²) in [5, 5.41) is 15.3. The van der Waals surface area contributed by atoms with Crippen LogP contribution in [0.15, 0.2) is 27.8 Å². The van der Waals surface area contributed by atoms with E-state index in [1.165, 1.54) is 31.2 Å². The molecule has 0 aliphatic heterocycles. The van der Waals surface area contributed by atoms with Crippen LogP contribution in [0.3, 0.4) is 0 Å². The van der Waals surface area contributed by atoms with Gasteiger partial charge in [0.1, 0.15) is 5.60 Å². The van der Waals surface area contributed by atoms with Crippen LogP contribution in [0.2, 0.25) is 5.02 Å². The van der Waals surface area contributed by atoms with Crippen LogP contribution in [0.25, 0.3) is 10.1 Å². The average Bonchev–Trinajstić information content (AvgIpc) is 3.18. The van der Waals surface area contributed by atoms with E-state index in [0.717, 1.165) is 15.8 Å². The molecule has 0 atom stereocenters. The van der Waals surface area contributed by atoms with Crippen molar-refractivity contribution in [2.45, 2.75) is 43.4 Å². The molecule has 2 N–H and O–H groups in total. The van der Waals surface area contributed by atoms with E-state index in [9.17, 15) is 5.11 Å². The third-order valence-corrected chi connectivity index (χ3v) is 7.71. The first-order chi connectivity index (χ1) is 11.5. The Kier molecular flexibility index (Phi) is 5.42. The van der Waals surface area contributed by atoms with Crippen molar-refractivity contribution in [3.05, 3.63) is 39.9 Å². The third-order valence-electron chi connectivity index (χ3n) is 4.24. The van der Waals surface area contributed by atoms with Gasteiger partial charge in [0, 0.05) is 15.1 Å². The van der Waals surface area contributed by atoms with Gasteiger partial charge in [-0.05, 0) is 60.9 Å². The molecular weight excluding hydrogens is 380 g/mol. The Hall–Kier alpha value is -0.790. The van der Waals surface area contributed by atoms with Gasteiger partial charge in [0.15, 0.2) is 5.13 Å². The number of rotatable bonds is 6. The van der Waals surface area contributed by atoms with Gasteiger partial charge < -0.3 is 9.83 Å². The zero-order chi connectivity index (χ0) is 17.3. The summed E-state index contributed by atoms with van der Waals surface area (Å²) in [6, 6.07) is 5.99. The van der Waals surface area contributed by atoms with Crippen molar-refractivity contribution in [1.82, 2.24) is 4.98 Å². The number of benzene rings is 1. The SMILES string of the molecule is CCC(O)(CC)c1csc(NSc2sc3ccc(Cl)cc3c2C)n1. The lowest BCUT2D eigenvalue weighted by molar-refractivity contribution is 0.0247. The summed E-state index contributed by atoms with van der Waals surface area (Å²) in [5.74, 6) is 0. The molecule has 0 bridgehead atoms. The highest BCUT2D eigenvalue weighted by Gasteiger charge is 2.27. The van der Waals surface area contributed by atoms with Crippen LogP contribution < -0.4 is 4.72 Å². The first-order valence-electron chi connectivity index (χ1n) is 7.76. The predicted molar refractivity (Wildman–Crippen MR) is 108 cm³/mol. The average molecular weight is 399 g/mol. The molecule has 3 nitrogen and oxygen atoms in total. The Bertz CT molecular complexity index is 855. The number of aromatic nitrogens is 1. The highest BCUT2D eigenvalue weighted by molar-refractivity contribution is 8.02. The molecule has 2 heterocycles. The Morgan fingerprint density at radius 1 is 1.33 bits per heavy atom. The molecule has 0 amide bonds. The van der Waals surface area contributed by atoms with Crippen LogP contribution in [0.1, 0.15) is 37.9 Å². The van der Waals surface area contributed by atoms with Crippen LogP contribution >= 0.6 is 46.2 Å². The van der Waals surface area contributed by atoms with Crippen LogP contribution in [0, 0.1) is 6.92 Å². The quantitative estimate of drug-likeness (QED) is 0.468. The molecule has 1 aromatic carbocycles. The number of aliphatic hydroxyl groups is 1. The van der Waals surface area contributed by atoms with Gasteiger partial charge in [-0.15, -0.1) is 22.7 Å². The van der Waals surface area contributed by atoms with Gasteiger partial charge in [0.05, 0.1) is 9.90 Å². The number of fused-ring (bicyclic) bond motifs is 1. The van der Waals surface area contributed by atoms with Crippen molar-refractivity contribution in [2.24, 2.45) is 0 Å². The second kappa shape index (κ2) is 7.22. The summed E-state index contributed by atoms with van der Waals surface area (Å²) in [6.45, 7) is 6.08. The standard InChI is InChI=1S/C17H19ClN2OS3/c1-4-17(21,5-2)14-9-22-16(19-14)20-24-15-10(3)12-8-11(18)6-7-13(12)23-15/h6-9,21H,4-5H2,1-3H3,(H,19,20). The summed E-state index contributed by atoms with van der Waals surface area (Å²) in [6.07, 6.45) is 1.33. The number of nitrogens with zero attached hydrogens (tertiary/aromatic N) is 1. The molecule has 0 fully saturated rings. The fourth-order valence-corrected chi connectivity index (χ4v) is 5.61. The number of halogens is 1. The van der Waals surface area contributed by atoms with Crippen molar-refractivity contribution in [2.75, 3.05) is 4.72 Å².